The SMILES string of the molecule is C/C(=N/OC(C)C)c1ccc(-c2ccccc2NC(=O)c2cn(C)nc2C(F)(F)F)cc1. The average molecular weight is 444 g/mol. The maximum absolute atomic E-state index is 13.2. The number of benzene rings is 2. The van der Waals surface area contributed by atoms with E-state index >= 15 is 0 Å². The number of oxime groups is 1. The molecule has 0 aliphatic rings. The molecule has 0 unspecified atom stereocenters. The second-order valence-electron chi connectivity index (χ2n) is 7.47. The van der Waals surface area contributed by atoms with Crippen LogP contribution in [0.15, 0.2) is 59.9 Å². The Bertz CT molecular complexity index is 1130. The van der Waals surface area contributed by atoms with Crippen LogP contribution in [0.5, 0.6) is 0 Å². The number of amides is 1. The molecule has 6 nitrogen and oxygen atoms in total. The van der Waals surface area contributed by atoms with Gasteiger partial charge < -0.3 is 10.2 Å². The predicted octanol–water partition coefficient (Wildman–Crippen LogP) is 5.51. The fourth-order valence-corrected chi connectivity index (χ4v) is 3.03. The predicted molar refractivity (Wildman–Crippen MR) is 116 cm³/mol. The third-order valence-electron chi connectivity index (χ3n) is 4.53. The number of alkyl halides is 3. The summed E-state index contributed by atoms with van der Waals surface area (Å²) in [7, 11) is 1.33. The summed E-state index contributed by atoms with van der Waals surface area (Å²) in [5.74, 6) is -0.886. The number of rotatable bonds is 6. The van der Waals surface area contributed by atoms with E-state index in [2.05, 4.69) is 15.6 Å². The zero-order valence-corrected chi connectivity index (χ0v) is 18.1. The number of para-hydroxylation sites is 1. The van der Waals surface area contributed by atoms with Crippen molar-refractivity contribution in [2.45, 2.75) is 33.1 Å². The van der Waals surface area contributed by atoms with Gasteiger partial charge in [-0.3, -0.25) is 9.48 Å². The summed E-state index contributed by atoms with van der Waals surface area (Å²) < 4.78 is 40.7. The van der Waals surface area contributed by atoms with Crippen molar-refractivity contribution in [3.63, 3.8) is 0 Å². The molecule has 0 bridgehead atoms. The summed E-state index contributed by atoms with van der Waals surface area (Å²) in [5.41, 5.74) is 1.64. The lowest BCUT2D eigenvalue weighted by Crippen LogP contribution is -2.18. The third kappa shape index (κ3) is 5.35. The molecule has 0 fully saturated rings. The molecule has 1 N–H and O–H groups in total. The van der Waals surface area contributed by atoms with Gasteiger partial charge in [0.1, 0.15) is 6.10 Å². The highest BCUT2D eigenvalue weighted by Gasteiger charge is 2.39. The van der Waals surface area contributed by atoms with Gasteiger partial charge >= 0.3 is 6.18 Å². The summed E-state index contributed by atoms with van der Waals surface area (Å²) in [6.45, 7) is 5.60. The minimum atomic E-state index is -4.73. The molecule has 0 aliphatic carbocycles. The maximum Gasteiger partial charge on any atom is 0.435 e. The summed E-state index contributed by atoms with van der Waals surface area (Å²) in [6, 6.07) is 14.3. The van der Waals surface area contributed by atoms with Crippen molar-refractivity contribution in [3.8, 4) is 11.1 Å². The molecule has 3 rings (SSSR count). The van der Waals surface area contributed by atoms with Gasteiger partial charge in [-0.05, 0) is 38.0 Å². The minimum absolute atomic E-state index is 0.0302. The molecule has 0 atom stereocenters. The Labute approximate surface area is 183 Å². The van der Waals surface area contributed by atoms with E-state index in [0.717, 1.165) is 22.0 Å². The topological polar surface area (TPSA) is 68.5 Å². The van der Waals surface area contributed by atoms with Crippen molar-refractivity contribution in [2.75, 3.05) is 5.32 Å². The van der Waals surface area contributed by atoms with Gasteiger partial charge in [-0.15, -0.1) is 0 Å². The quantitative estimate of drug-likeness (QED) is 0.403. The largest absolute Gasteiger partial charge is 0.435 e. The first-order valence-corrected chi connectivity index (χ1v) is 9.88. The molecule has 1 aromatic heterocycles. The standard InChI is InChI=1S/C23H23F3N4O2/c1-14(2)32-29-15(3)16-9-11-17(12-10-16)18-7-5-6-8-20(18)27-22(31)19-13-30(4)28-21(19)23(24,25)26/h5-14H,1-4H3,(H,27,31)/b29-15-. The summed E-state index contributed by atoms with van der Waals surface area (Å²) >= 11 is 0. The van der Waals surface area contributed by atoms with Crippen molar-refractivity contribution >= 4 is 17.3 Å². The Balaban J connectivity index is 1.87. The van der Waals surface area contributed by atoms with Crippen LogP contribution in [0.3, 0.4) is 0 Å². The van der Waals surface area contributed by atoms with Crippen LogP contribution in [0.2, 0.25) is 0 Å². The Morgan fingerprint density at radius 3 is 2.41 bits per heavy atom. The van der Waals surface area contributed by atoms with Gasteiger partial charge in [0.2, 0.25) is 0 Å². The first-order chi connectivity index (χ1) is 15.1. The van der Waals surface area contributed by atoms with E-state index in [-0.39, 0.29) is 6.10 Å². The lowest BCUT2D eigenvalue weighted by molar-refractivity contribution is -0.141. The van der Waals surface area contributed by atoms with E-state index in [4.69, 9.17) is 4.84 Å². The fourth-order valence-electron chi connectivity index (χ4n) is 3.03. The van der Waals surface area contributed by atoms with Crippen LogP contribution < -0.4 is 5.32 Å². The highest BCUT2D eigenvalue weighted by Crippen LogP contribution is 2.32. The van der Waals surface area contributed by atoms with Crippen LogP contribution in [-0.2, 0) is 18.1 Å². The number of hydrogen-bond acceptors (Lipinski definition) is 4. The van der Waals surface area contributed by atoms with Gasteiger partial charge in [0.15, 0.2) is 5.69 Å². The number of carbonyl (C=O) groups excluding carboxylic acids is 1. The lowest BCUT2D eigenvalue weighted by atomic mass is 10.0. The molecular weight excluding hydrogens is 421 g/mol. The van der Waals surface area contributed by atoms with Crippen molar-refractivity contribution < 1.29 is 22.8 Å². The number of nitrogens with one attached hydrogen (secondary N) is 1. The van der Waals surface area contributed by atoms with E-state index in [9.17, 15) is 18.0 Å². The van der Waals surface area contributed by atoms with Crippen molar-refractivity contribution in [2.24, 2.45) is 12.2 Å². The van der Waals surface area contributed by atoms with E-state index in [1.165, 1.54) is 7.05 Å². The van der Waals surface area contributed by atoms with Gasteiger partial charge in [-0.25, -0.2) is 0 Å². The number of aromatic nitrogens is 2. The minimum Gasteiger partial charge on any atom is -0.393 e. The molecule has 32 heavy (non-hydrogen) atoms. The molecule has 0 aliphatic heterocycles. The van der Waals surface area contributed by atoms with E-state index in [1.807, 2.05) is 45.0 Å². The molecule has 2 aromatic carbocycles. The van der Waals surface area contributed by atoms with E-state index in [1.54, 1.807) is 24.3 Å². The molecule has 1 amide bonds. The Hall–Kier alpha value is -3.62. The summed E-state index contributed by atoms with van der Waals surface area (Å²) in [5, 5.41) is 10.0. The Kier molecular flexibility index (Phi) is 6.67. The second kappa shape index (κ2) is 9.25. The number of aryl methyl sites for hydroxylation is 1. The lowest BCUT2D eigenvalue weighted by Gasteiger charge is -2.12. The Morgan fingerprint density at radius 1 is 1.12 bits per heavy atom. The molecule has 3 aromatic rings. The second-order valence-corrected chi connectivity index (χ2v) is 7.47. The highest BCUT2D eigenvalue weighted by atomic mass is 19.4. The number of hydrogen-bond donors (Lipinski definition) is 1. The van der Waals surface area contributed by atoms with Gasteiger partial charge in [0.25, 0.3) is 5.91 Å². The first kappa shape index (κ1) is 23.1. The number of carbonyl (C=O) groups is 1. The fraction of sp³-hybridized carbons (Fsp3) is 0.261. The zero-order valence-electron chi connectivity index (χ0n) is 18.1. The van der Waals surface area contributed by atoms with Crippen LogP contribution >= 0.6 is 0 Å². The molecule has 1 heterocycles. The van der Waals surface area contributed by atoms with Crippen LogP contribution in [0.4, 0.5) is 18.9 Å². The van der Waals surface area contributed by atoms with Crippen molar-refractivity contribution in [1.29, 1.82) is 0 Å². The number of halogens is 3. The highest BCUT2D eigenvalue weighted by molar-refractivity contribution is 6.07. The number of anilines is 1. The van der Waals surface area contributed by atoms with Crippen molar-refractivity contribution in [1.82, 2.24) is 9.78 Å². The molecule has 0 saturated carbocycles. The van der Waals surface area contributed by atoms with Crippen LogP contribution in [-0.4, -0.2) is 27.5 Å². The van der Waals surface area contributed by atoms with E-state index < -0.39 is 23.3 Å². The third-order valence-corrected chi connectivity index (χ3v) is 4.53. The van der Waals surface area contributed by atoms with E-state index in [0.29, 0.717) is 17.0 Å². The molecule has 0 radical (unpaired) electrons. The molecular formula is C23H23F3N4O2. The van der Waals surface area contributed by atoms with Gasteiger partial charge in [-0.1, -0.05) is 47.6 Å². The van der Waals surface area contributed by atoms with Gasteiger partial charge in [-0.2, -0.15) is 18.3 Å². The molecule has 0 spiro atoms. The molecule has 0 saturated heterocycles. The number of nitrogens with zero attached hydrogens (tertiary/aromatic N) is 3. The summed E-state index contributed by atoms with van der Waals surface area (Å²) in [6.07, 6.45) is -3.71. The maximum atomic E-state index is 13.2. The van der Waals surface area contributed by atoms with Crippen LogP contribution in [0.1, 0.15) is 42.4 Å². The monoisotopic (exact) mass is 444 g/mol. The summed E-state index contributed by atoms with van der Waals surface area (Å²) in [4.78, 5) is 17.9. The zero-order chi connectivity index (χ0) is 23.5. The normalized spacial score (nSPS) is 12.2. The van der Waals surface area contributed by atoms with Crippen molar-refractivity contribution in [3.05, 3.63) is 71.5 Å². The van der Waals surface area contributed by atoms with Gasteiger partial charge in [0, 0.05) is 24.5 Å². The smallest absolute Gasteiger partial charge is 0.393 e. The van der Waals surface area contributed by atoms with Crippen LogP contribution in [0, 0.1) is 0 Å². The van der Waals surface area contributed by atoms with Gasteiger partial charge in [0.05, 0.1) is 11.3 Å². The Morgan fingerprint density at radius 2 is 1.78 bits per heavy atom. The average Bonchev–Trinajstić information content (AvgIpc) is 3.15. The molecule has 168 valence electrons. The molecule has 9 heteroatoms. The van der Waals surface area contributed by atoms with Crippen LogP contribution in [0.25, 0.3) is 11.1 Å². The first-order valence-electron chi connectivity index (χ1n) is 9.88.